The molecule has 0 aromatic heterocycles. The van der Waals surface area contributed by atoms with Crippen molar-refractivity contribution in [1.29, 1.82) is 0 Å². The summed E-state index contributed by atoms with van der Waals surface area (Å²) in [6, 6.07) is 3.18. The Bertz CT molecular complexity index is 734. The summed E-state index contributed by atoms with van der Waals surface area (Å²) in [4.78, 5) is 25.4. The highest BCUT2D eigenvalue weighted by atomic mass is 35.5. The number of carbonyl (C=O) groups is 2. The van der Waals surface area contributed by atoms with Gasteiger partial charge >= 0.3 is 12.1 Å². The van der Waals surface area contributed by atoms with Gasteiger partial charge in [-0.05, 0) is 12.1 Å². The van der Waals surface area contributed by atoms with Crippen LogP contribution in [0.15, 0.2) is 29.5 Å². The smallest absolute Gasteiger partial charge is 0.417 e. The van der Waals surface area contributed by atoms with Gasteiger partial charge < -0.3 is 20.1 Å². The van der Waals surface area contributed by atoms with Crippen LogP contribution in [-0.2, 0) is 20.5 Å². The molecule has 25 heavy (non-hydrogen) atoms. The van der Waals surface area contributed by atoms with Crippen molar-refractivity contribution in [3.63, 3.8) is 0 Å². The number of alkyl halides is 3. The summed E-state index contributed by atoms with van der Waals surface area (Å²) in [5.74, 6) is -1.46. The molecule has 10 heteroatoms. The molecular weight excluding hydrogens is 365 g/mol. The third-order valence-electron chi connectivity index (χ3n) is 3.52. The lowest BCUT2D eigenvalue weighted by Gasteiger charge is -2.16. The monoisotopic (exact) mass is 378 g/mol. The van der Waals surface area contributed by atoms with Gasteiger partial charge in [0.25, 0.3) is 5.91 Å². The summed E-state index contributed by atoms with van der Waals surface area (Å²) < 4.78 is 43.4. The van der Waals surface area contributed by atoms with E-state index < -0.39 is 28.6 Å². The van der Waals surface area contributed by atoms with Gasteiger partial charge in [0.2, 0.25) is 0 Å². The molecule has 0 radical (unpaired) electrons. The van der Waals surface area contributed by atoms with Gasteiger partial charge in [0.15, 0.2) is 0 Å². The Balaban J connectivity index is 2.42. The molecule has 6 nitrogen and oxygen atoms in total. The summed E-state index contributed by atoms with van der Waals surface area (Å²) in [6.45, 7) is -0.510. The standard InChI is InChI=1S/C15H14ClF3N2O4/c1-25-14(24)8-7-21(5-6-22)13(23)12(8)20-10-4-2-3-9(11(10)16)15(17,18)19/h2-4,20,22H,5-7H2,1H3. The Morgan fingerprint density at radius 3 is 2.68 bits per heavy atom. The summed E-state index contributed by atoms with van der Waals surface area (Å²) in [5, 5.41) is 10.9. The Morgan fingerprint density at radius 1 is 1.44 bits per heavy atom. The van der Waals surface area contributed by atoms with Gasteiger partial charge in [-0.1, -0.05) is 17.7 Å². The van der Waals surface area contributed by atoms with Crippen LogP contribution in [0.4, 0.5) is 18.9 Å². The van der Waals surface area contributed by atoms with Gasteiger partial charge in [0.05, 0.1) is 42.1 Å². The van der Waals surface area contributed by atoms with Crippen molar-refractivity contribution in [3.05, 3.63) is 40.1 Å². The molecule has 1 heterocycles. The molecule has 2 rings (SSSR count). The number of esters is 1. The highest BCUT2D eigenvalue weighted by Gasteiger charge is 2.37. The molecule has 136 valence electrons. The van der Waals surface area contributed by atoms with E-state index in [1.54, 1.807) is 0 Å². The molecule has 0 unspecified atom stereocenters. The minimum absolute atomic E-state index is 0.0408. The lowest BCUT2D eigenvalue weighted by Crippen LogP contribution is -2.31. The summed E-state index contributed by atoms with van der Waals surface area (Å²) in [6.07, 6.45) is -4.67. The Hall–Kier alpha value is -2.26. The van der Waals surface area contributed by atoms with Gasteiger partial charge in [0.1, 0.15) is 5.70 Å². The molecule has 0 aliphatic carbocycles. The highest BCUT2D eigenvalue weighted by Crippen LogP contribution is 2.39. The number of halogens is 4. The number of nitrogens with one attached hydrogen (secondary N) is 1. The van der Waals surface area contributed by atoms with Crippen LogP contribution in [0, 0.1) is 0 Å². The summed E-state index contributed by atoms with van der Waals surface area (Å²) in [7, 11) is 1.11. The highest BCUT2D eigenvalue weighted by molar-refractivity contribution is 6.34. The molecule has 0 saturated carbocycles. The fraction of sp³-hybridized carbons (Fsp3) is 0.333. The van der Waals surface area contributed by atoms with E-state index in [-0.39, 0.29) is 36.7 Å². The van der Waals surface area contributed by atoms with E-state index in [2.05, 4.69) is 10.1 Å². The van der Waals surface area contributed by atoms with E-state index in [0.29, 0.717) is 0 Å². The van der Waals surface area contributed by atoms with Gasteiger partial charge in [-0.15, -0.1) is 0 Å². The van der Waals surface area contributed by atoms with Crippen molar-refractivity contribution in [2.24, 2.45) is 0 Å². The minimum Gasteiger partial charge on any atom is -0.466 e. The van der Waals surface area contributed by atoms with Crippen molar-refractivity contribution < 1.29 is 32.6 Å². The number of amides is 1. The second kappa shape index (κ2) is 7.32. The molecule has 1 aliphatic rings. The lowest BCUT2D eigenvalue weighted by molar-refractivity contribution is -0.137. The topological polar surface area (TPSA) is 78.9 Å². The van der Waals surface area contributed by atoms with Crippen molar-refractivity contribution in [3.8, 4) is 0 Å². The number of hydrogen-bond acceptors (Lipinski definition) is 5. The van der Waals surface area contributed by atoms with Gasteiger partial charge in [-0.3, -0.25) is 4.79 Å². The van der Waals surface area contributed by atoms with Crippen molar-refractivity contribution in [1.82, 2.24) is 4.90 Å². The van der Waals surface area contributed by atoms with Crippen LogP contribution < -0.4 is 5.32 Å². The predicted molar refractivity (Wildman–Crippen MR) is 82.8 cm³/mol. The fourth-order valence-electron chi connectivity index (χ4n) is 2.33. The summed E-state index contributed by atoms with van der Waals surface area (Å²) in [5.41, 5.74) is -1.54. The van der Waals surface area contributed by atoms with E-state index >= 15 is 0 Å². The lowest BCUT2D eigenvalue weighted by atomic mass is 10.1. The minimum atomic E-state index is -4.67. The van der Waals surface area contributed by atoms with Gasteiger partial charge in [-0.2, -0.15) is 13.2 Å². The molecule has 1 amide bonds. The molecule has 1 aliphatic heterocycles. The number of aliphatic hydroxyl groups excluding tert-OH is 1. The average molecular weight is 379 g/mol. The van der Waals surface area contributed by atoms with Crippen LogP contribution in [-0.4, -0.2) is 48.7 Å². The SMILES string of the molecule is COC(=O)C1=C(Nc2cccc(C(F)(F)F)c2Cl)C(=O)N(CCO)C1. The largest absolute Gasteiger partial charge is 0.466 e. The number of aliphatic hydroxyl groups is 1. The number of hydrogen-bond donors (Lipinski definition) is 2. The number of anilines is 1. The van der Waals surface area contributed by atoms with E-state index in [1.165, 1.54) is 6.07 Å². The maximum atomic E-state index is 12.9. The first-order valence-electron chi connectivity index (χ1n) is 7.05. The van der Waals surface area contributed by atoms with Crippen molar-refractivity contribution in [2.75, 3.05) is 32.1 Å². The third-order valence-corrected chi connectivity index (χ3v) is 3.92. The average Bonchev–Trinajstić information content (AvgIpc) is 2.85. The zero-order valence-corrected chi connectivity index (χ0v) is 13.7. The fourth-order valence-corrected chi connectivity index (χ4v) is 2.61. The maximum Gasteiger partial charge on any atom is 0.417 e. The van der Waals surface area contributed by atoms with Crippen LogP contribution in [0.5, 0.6) is 0 Å². The number of carbonyl (C=O) groups excluding carboxylic acids is 2. The van der Waals surface area contributed by atoms with Gasteiger partial charge in [-0.25, -0.2) is 4.79 Å². The molecule has 2 N–H and O–H groups in total. The Morgan fingerprint density at radius 2 is 2.12 bits per heavy atom. The second-order valence-electron chi connectivity index (χ2n) is 5.09. The molecule has 0 atom stereocenters. The van der Waals surface area contributed by atoms with E-state index in [0.717, 1.165) is 24.1 Å². The van der Waals surface area contributed by atoms with Crippen LogP contribution in [0.25, 0.3) is 0 Å². The molecule has 0 spiro atoms. The second-order valence-corrected chi connectivity index (χ2v) is 5.46. The molecule has 0 fully saturated rings. The summed E-state index contributed by atoms with van der Waals surface area (Å²) >= 11 is 5.79. The quantitative estimate of drug-likeness (QED) is 0.767. The zero-order chi connectivity index (χ0) is 18.8. The van der Waals surface area contributed by atoms with Crippen molar-refractivity contribution in [2.45, 2.75) is 6.18 Å². The zero-order valence-electron chi connectivity index (χ0n) is 13.0. The number of benzene rings is 1. The molecule has 0 bridgehead atoms. The maximum absolute atomic E-state index is 12.9. The van der Waals surface area contributed by atoms with E-state index in [1.807, 2.05) is 0 Å². The van der Waals surface area contributed by atoms with Crippen LogP contribution >= 0.6 is 11.6 Å². The number of methoxy groups -OCH3 is 1. The normalized spacial score (nSPS) is 15.0. The van der Waals surface area contributed by atoms with E-state index in [4.69, 9.17) is 16.7 Å². The first-order valence-corrected chi connectivity index (χ1v) is 7.42. The number of ether oxygens (including phenoxy) is 1. The number of rotatable bonds is 5. The number of β-amino-alcohol motifs (C(OH)–C–C–N with tert-alkyl or cyclic N) is 1. The van der Waals surface area contributed by atoms with Gasteiger partial charge in [0, 0.05) is 6.54 Å². The van der Waals surface area contributed by atoms with E-state index in [9.17, 15) is 22.8 Å². The molecule has 0 saturated heterocycles. The first kappa shape index (κ1) is 19.1. The Kier molecular flexibility index (Phi) is 5.58. The van der Waals surface area contributed by atoms with Crippen LogP contribution in [0.1, 0.15) is 5.56 Å². The Labute approximate surface area is 145 Å². The van der Waals surface area contributed by atoms with Crippen LogP contribution in [0.2, 0.25) is 5.02 Å². The molecule has 1 aromatic carbocycles. The molecular formula is C15H14ClF3N2O4. The molecule has 1 aromatic rings. The first-order chi connectivity index (χ1) is 11.7. The van der Waals surface area contributed by atoms with Crippen molar-refractivity contribution >= 4 is 29.2 Å². The predicted octanol–water partition coefficient (Wildman–Crippen LogP) is 2.03. The van der Waals surface area contributed by atoms with Crippen LogP contribution in [0.3, 0.4) is 0 Å². The number of nitrogens with zero attached hydrogens (tertiary/aromatic N) is 1. The third kappa shape index (κ3) is 3.88.